The number of hydrogen-bond acceptors (Lipinski definition) is 4. The van der Waals surface area contributed by atoms with Crippen LogP contribution in [0.4, 0.5) is 0 Å². The Labute approximate surface area is 120 Å². The number of ether oxygens (including phenoxy) is 1. The summed E-state index contributed by atoms with van der Waals surface area (Å²) in [5, 5.41) is 7.81. The second kappa shape index (κ2) is 9.85. The summed E-state index contributed by atoms with van der Waals surface area (Å²) in [6, 6.07) is 1.98. The van der Waals surface area contributed by atoms with Crippen LogP contribution in [0.2, 0.25) is 0 Å². The van der Waals surface area contributed by atoms with Gasteiger partial charge in [-0.1, -0.05) is 0 Å². The summed E-state index contributed by atoms with van der Waals surface area (Å²) in [7, 11) is 1.63. The van der Waals surface area contributed by atoms with Crippen LogP contribution in [0.3, 0.4) is 0 Å². The Morgan fingerprint density at radius 1 is 1.59 bits per heavy atom. The van der Waals surface area contributed by atoms with E-state index in [1.165, 1.54) is 0 Å². The molecule has 0 atom stereocenters. The fraction of sp³-hybridized carbons (Fsp3) is 0.500. The average Bonchev–Trinajstić information content (AvgIpc) is 2.67. The molecule has 1 aromatic heterocycles. The summed E-state index contributed by atoms with van der Waals surface area (Å²) in [6.07, 6.45) is 0. The van der Waals surface area contributed by atoms with Gasteiger partial charge in [0.25, 0.3) is 0 Å². The van der Waals surface area contributed by atoms with Crippen LogP contribution in [0.5, 0.6) is 0 Å². The quantitative estimate of drug-likeness (QED) is 0.742. The van der Waals surface area contributed by atoms with Crippen LogP contribution in [0.1, 0.15) is 4.88 Å². The molecule has 0 unspecified atom stereocenters. The molecule has 0 aliphatic heterocycles. The first-order chi connectivity index (χ1) is 7.74. The second-order valence-corrected chi connectivity index (χ2v) is 4.99. The minimum atomic E-state index is -0.00333. The Balaban J connectivity index is 0.00000256. The fourth-order valence-corrected chi connectivity index (χ4v) is 2.50. The highest BCUT2D eigenvalue weighted by molar-refractivity contribution is 9.10. The molecule has 1 aromatic rings. The van der Waals surface area contributed by atoms with Gasteiger partial charge in [0.1, 0.15) is 0 Å². The van der Waals surface area contributed by atoms with E-state index in [1.807, 2.05) is 11.4 Å². The highest BCUT2D eigenvalue weighted by Crippen LogP contribution is 2.21. The maximum Gasteiger partial charge on any atom is 0.234 e. The molecule has 0 bridgehead atoms. The van der Waals surface area contributed by atoms with Crippen LogP contribution in [-0.2, 0) is 16.1 Å². The molecule has 0 radical (unpaired) electrons. The van der Waals surface area contributed by atoms with Crippen molar-refractivity contribution in [1.82, 2.24) is 10.6 Å². The number of carbonyl (C=O) groups is 1. The Kier molecular flexibility index (Phi) is 9.76. The molecule has 4 nitrogen and oxygen atoms in total. The van der Waals surface area contributed by atoms with E-state index in [0.29, 0.717) is 26.2 Å². The average molecular weight is 344 g/mol. The molecule has 0 spiro atoms. The maximum atomic E-state index is 11.4. The first-order valence-corrected chi connectivity index (χ1v) is 6.59. The molecule has 0 aliphatic carbocycles. The van der Waals surface area contributed by atoms with Crippen LogP contribution < -0.4 is 10.6 Å². The zero-order valence-corrected chi connectivity index (χ0v) is 12.7. The Bertz CT molecular complexity index is 336. The van der Waals surface area contributed by atoms with Crippen LogP contribution in [0.15, 0.2) is 15.9 Å². The molecular weight excluding hydrogens is 328 g/mol. The Morgan fingerprint density at radius 3 is 2.94 bits per heavy atom. The largest absolute Gasteiger partial charge is 0.383 e. The van der Waals surface area contributed by atoms with Gasteiger partial charge in [-0.25, -0.2) is 0 Å². The summed E-state index contributed by atoms with van der Waals surface area (Å²) in [6.45, 7) is 2.20. The van der Waals surface area contributed by atoms with E-state index >= 15 is 0 Å². The summed E-state index contributed by atoms with van der Waals surface area (Å²) >= 11 is 5.04. The monoisotopic (exact) mass is 342 g/mol. The van der Waals surface area contributed by atoms with Gasteiger partial charge in [-0.15, -0.1) is 23.7 Å². The van der Waals surface area contributed by atoms with Crippen molar-refractivity contribution < 1.29 is 9.53 Å². The fourth-order valence-electron chi connectivity index (χ4n) is 1.07. The van der Waals surface area contributed by atoms with Gasteiger partial charge in [0, 0.05) is 23.0 Å². The van der Waals surface area contributed by atoms with Gasteiger partial charge < -0.3 is 15.4 Å². The first-order valence-electron chi connectivity index (χ1n) is 4.92. The third-order valence-corrected chi connectivity index (χ3v) is 3.83. The molecule has 0 aliphatic rings. The van der Waals surface area contributed by atoms with Gasteiger partial charge in [0.05, 0.1) is 19.7 Å². The van der Waals surface area contributed by atoms with Gasteiger partial charge in [0.2, 0.25) is 5.91 Å². The summed E-state index contributed by atoms with van der Waals surface area (Å²) in [5.41, 5.74) is 0. The molecule has 1 rings (SSSR count). The van der Waals surface area contributed by atoms with E-state index in [2.05, 4.69) is 26.6 Å². The molecule has 98 valence electrons. The zero-order chi connectivity index (χ0) is 11.8. The third-order valence-electron chi connectivity index (χ3n) is 1.91. The van der Waals surface area contributed by atoms with Crippen molar-refractivity contribution in [2.45, 2.75) is 6.54 Å². The number of carbonyl (C=O) groups excluding carboxylic acids is 1. The summed E-state index contributed by atoms with van der Waals surface area (Å²) in [5.74, 6) is -0.00333. The van der Waals surface area contributed by atoms with Crippen molar-refractivity contribution in [2.75, 3.05) is 26.8 Å². The summed E-state index contributed by atoms with van der Waals surface area (Å²) in [4.78, 5) is 12.5. The van der Waals surface area contributed by atoms with E-state index in [0.717, 1.165) is 9.35 Å². The molecule has 2 N–H and O–H groups in total. The van der Waals surface area contributed by atoms with E-state index < -0.39 is 0 Å². The molecule has 1 amide bonds. The molecule has 0 aromatic carbocycles. The summed E-state index contributed by atoms with van der Waals surface area (Å²) < 4.78 is 5.91. The Morgan fingerprint density at radius 2 is 2.35 bits per heavy atom. The minimum Gasteiger partial charge on any atom is -0.383 e. The van der Waals surface area contributed by atoms with Gasteiger partial charge in [-0.2, -0.15) is 0 Å². The van der Waals surface area contributed by atoms with Crippen molar-refractivity contribution in [3.05, 3.63) is 20.8 Å². The van der Waals surface area contributed by atoms with Crippen LogP contribution in [0, 0.1) is 0 Å². The van der Waals surface area contributed by atoms with Gasteiger partial charge in [-0.3, -0.25) is 4.79 Å². The Hall–Kier alpha value is -0.140. The number of thiophene rings is 1. The first kappa shape index (κ1) is 16.9. The molecule has 7 heteroatoms. The predicted octanol–water partition coefficient (Wildman–Crippen LogP) is 1.78. The molecule has 0 saturated heterocycles. The number of rotatable bonds is 7. The van der Waals surface area contributed by atoms with Crippen molar-refractivity contribution in [1.29, 1.82) is 0 Å². The lowest BCUT2D eigenvalue weighted by Crippen LogP contribution is -2.34. The maximum absolute atomic E-state index is 11.4. The number of nitrogens with one attached hydrogen (secondary N) is 2. The van der Waals surface area contributed by atoms with Gasteiger partial charge >= 0.3 is 0 Å². The normalized spacial score (nSPS) is 9.76. The van der Waals surface area contributed by atoms with Crippen molar-refractivity contribution >= 4 is 45.6 Å². The number of halogens is 2. The lowest BCUT2D eigenvalue weighted by atomic mass is 10.4. The number of methoxy groups -OCH3 is 1. The number of amides is 1. The van der Waals surface area contributed by atoms with Gasteiger partial charge in [-0.05, 0) is 27.4 Å². The van der Waals surface area contributed by atoms with E-state index in [9.17, 15) is 4.79 Å². The van der Waals surface area contributed by atoms with E-state index in [4.69, 9.17) is 4.74 Å². The van der Waals surface area contributed by atoms with Crippen molar-refractivity contribution in [3.8, 4) is 0 Å². The predicted molar refractivity (Wildman–Crippen MR) is 75.9 cm³/mol. The number of hydrogen-bond donors (Lipinski definition) is 2. The van der Waals surface area contributed by atoms with Crippen LogP contribution in [-0.4, -0.2) is 32.7 Å². The van der Waals surface area contributed by atoms with Crippen molar-refractivity contribution in [2.24, 2.45) is 0 Å². The molecule has 1 heterocycles. The smallest absolute Gasteiger partial charge is 0.234 e. The van der Waals surface area contributed by atoms with Crippen molar-refractivity contribution in [3.63, 3.8) is 0 Å². The van der Waals surface area contributed by atoms with Gasteiger partial charge in [0.15, 0.2) is 0 Å². The lowest BCUT2D eigenvalue weighted by Gasteiger charge is -2.05. The highest BCUT2D eigenvalue weighted by Gasteiger charge is 2.04. The minimum absolute atomic E-state index is 0. The third kappa shape index (κ3) is 7.00. The zero-order valence-electron chi connectivity index (χ0n) is 9.49. The molecule has 17 heavy (non-hydrogen) atoms. The SMILES string of the molecule is COCCNCC(=O)NCc1sccc1Br.Cl. The van der Waals surface area contributed by atoms with Crippen LogP contribution >= 0.6 is 39.7 Å². The van der Waals surface area contributed by atoms with E-state index in [1.54, 1.807) is 18.4 Å². The van der Waals surface area contributed by atoms with Crippen LogP contribution in [0.25, 0.3) is 0 Å². The standard InChI is InChI=1S/C10H15BrN2O2S.ClH/c1-15-4-3-12-7-10(14)13-6-9-8(11)2-5-16-9;/h2,5,12H,3-4,6-7H2,1H3,(H,13,14);1H. The van der Waals surface area contributed by atoms with E-state index in [-0.39, 0.29) is 18.3 Å². The lowest BCUT2D eigenvalue weighted by molar-refractivity contribution is -0.120. The molecule has 0 saturated carbocycles. The second-order valence-electron chi connectivity index (χ2n) is 3.14. The highest BCUT2D eigenvalue weighted by atomic mass is 79.9. The molecular formula is C10H16BrClN2O2S. The molecule has 0 fully saturated rings. The topological polar surface area (TPSA) is 50.4 Å².